The molecule has 2 aromatic rings. The highest BCUT2D eigenvalue weighted by molar-refractivity contribution is 6.43. The average Bonchev–Trinajstić information content (AvgIpc) is 3.17. The lowest BCUT2D eigenvalue weighted by Gasteiger charge is -2.20. The molecule has 2 aliphatic heterocycles. The van der Waals surface area contributed by atoms with Crippen LogP contribution in [0.3, 0.4) is 0 Å². The minimum atomic E-state index is -0.725. The molecule has 4 N–H and O–H groups in total. The zero-order chi connectivity index (χ0) is 25.8. The number of hydrogen-bond acceptors (Lipinski definition) is 6. The van der Waals surface area contributed by atoms with Gasteiger partial charge in [0.25, 0.3) is 11.8 Å². The minimum Gasteiger partial charge on any atom is -0.483 e. The number of fused-ring (bicyclic) bond motifs is 1. The van der Waals surface area contributed by atoms with Crippen LogP contribution in [0.2, 0.25) is 5.02 Å². The molecule has 3 amide bonds. The van der Waals surface area contributed by atoms with Crippen LogP contribution in [0.1, 0.15) is 24.5 Å². The van der Waals surface area contributed by atoms with Crippen molar-refractivity contribution >= 4 is 46.4 Å². The Morgan fingerprint density at radius 3 is 2.69 bits per heavy atom. The van der Waals surface area contributed by atoms with E-state index in [0.29, 0.717) is 52.9 Å². The van der Waals surface area contributed by atoms with E-state index in [-0.39, 0.29) is 30.2 Å². The van der Waals surface area contributed by atoms with Gasteiger partial charge in [0.2, 0.25) is 5.91 Å². The Morgan fingerprint density at radius 2 is 2.03 bits per heavy atom. The lowest BCUT2D eigenvalue weighted by molar-refractivity contribution is -0.121. The first kappa shape index (κ1) is 25.0. The van der Waals surface area contributed by atoms with Crippen molar-refractivity contribution in [1.29, 1.82) is 0 Å². The summed E-state index contributed by atoms with van der Waals surface area (Å²) >= 11 is 6.12. The maximum absolute atomic E-state index is 12.7. The van der Waals surface area contributed by atoms with Crippen molar-refractivity contribution in [2.75, 3.05) is 18.1 Å². The van der Waals surface area contributed by atoms with Crippen LogP contribution in [0.5, 0.6) is 5.75 Å². The van der Waals surface area contributed by atoms with Crippen LogP contribution in [0.4, 0.5) is 5.69 Å². The Bertz CT molecular complexity index is 1290. The third-order valence-corrected chi connectivity index (χ3v) is 6.06. The standard InChI is InChI=1S/C26H26ClN5O4/c1-15(30-21-9-10-29-26(21)35)11-22(25(28)34)31-16(2)17-3-6-20(7-4-17)32-13-18-12-19(27)5-8-23(18)36-14-24(32)33/h3-8,11-12,21,30H,2,9-10,13-14H2,1H3,(H2,28,34)(H,29,35)/b15-11+,31-22+. The summed E-state index contributed by atoms with van der Waals surface area (Å²) in [6.45, 7) is 6.52. The molecular weight excluding hydrogens is 482 g/mol. The minimum absolute atomic E-state index is 0.000752. The predicted molar refractivity (Wildman–Crippen MR) is 139 cm³/mol. The summed E-state index contributed by atoms with van der Waals surface area (Å²) in [6.07, 6.45) is 2.14. The second kappa shape index (κ2) is 10.7. The van der Waals surface area contributed by atoms with Crippen LogP contribution < -0.4 is 26.0 Å². The Labute approximate surface area is 213 Å². The van der Waals surface area contributed by atoms with Crippen molar-refractivity contribution in [3.63, 3.8) is 0 Å². The van der Waals surface area contributed by atoms with Gasteiger partial charge in [0.1, 0.15) is 17.5 Å². The summed E-state index contributed by atoms with van der Waals surface area (Å²) < 4.78 is 5.62. The highest BCUT2D eigenvalue weighted by Crippen LogP contribution is 2.30. The molecule has 4 rings (SSSR count). The van der Waals surface area contributed by atoms with Crippen LogP contribution in [0.25, 0.3) is 5.70 Å². The number of nitrogens with two attached hydrogens (primary N) is 1. The third-order valence-electron chi connectivity index (χ3n) is 5.83. The first-order valence-corrected chi connectivity index (χ1v) is 11.7. The molecule has 1 unspecified atom stereocenters. The van der Waals surface area contributed by atoms with E-state index >= 15 is 0 Å². The first-order valence-electron chi connectivity index (χ1n) is 11.3. The van der Waals surface area contributed by atoms with Crippen LogP contribution in [0.15, 0.2) is 65.8 Å². The van der Waals surface area contributed by atoms with Gasteiger partial charge in [-0.05, 0) is 55.3 Å². The molecule has 0 radical (unpaired) electrons. The molecule has 2 aliphatic rings. The fourth-order valence-corrected chi connectivity index (χ4v) is 4.17. The van der Waals surface area contributed by atoms with E-state index in [1.54, 1.807) is 54.3 Å². The maximum Gasteiger partial charge on any atom is 0.267 e. The van der Waals surface area contributed by atoms with E-state index in [4.69, 9.17) is 22.1 Å². The zero-order valence-electron chi connectivity index (χ0n) is 19.7. The Hall–Kier alpha value is -4.11. The summed E-state index contributed by atoms with van der Waals surface area (Å²) in [5.41, 5.74) is 8.55. The normalized spacial score (nSPS) is 18.2. The fraction of sp³-hybridized carbons (Fsp3) is 0.231. The van der Waals surface area contributed by atoms with Gasteiger partial charge in [-0.15, -0.1) is 0 Å². The predicted octanol–water partition coefficient (Wildman–Crippen LogP) is 2.54. The summed E-state index contributed by atoms with van der Waals surface area (Å²) in [5.74, 6) is -0.380. The molecule has 36 heavy (non-hydrogen) atoms. The Morgan fingerprint density at radius 1 is 1.28 bits per heavy atom. The number of rotatable bonds is 7. The highest BCUT2D eigenvalue weighted by atomic mass is 35.5. The molecule has 9 nitrogen and oxygen atoms in total. The smallest absolute Gasteiger partial charge is 0.267 e. The van der Waals surface area contributed by atoms with Crippen LogP contribution >= 0.6 is 11.6 Å². The number of benzene rings is 2. The summed E-state index contributed by atoms with van der Waals surface area (Å²) in [6, 6.07) is 12.0. The van der Waals surface area contributed by atoms with Crippen molar-refractivity contribution < 1.29 is 19.1 Å². The number of allylic oxidation sites excluding steroid dienone is 1. The van der Waals surface area contributed by atoms with Gasteiger partial charge in [-0.25, -0.2) is 4.99 Å². The van der Waals surface area contributed by atoms with E-state index < -0.39 is 5.91 Å². The number of nitrogens with one attached hydrogen (secondary N) is 2. The van der Waals surface area contributed by atoms with Crippen molar-refractivity contribution in [1.82, 2.24) is 10.6 Å². The molecule has 0 bridgehead atoms. The lowest BCUT2D eigenvalue weighted by Crippen LogP contribution is -2.35. The number of carbonyl (C=O) groups excluding carboxylic acids is 3. The quantitative estimate of drug-likeness (QED) is 0.496. The SMILES string of the molecule is C=C(/N=C(\C=C(/C)NC1CCNC1=O)C(N)=O)c1ccc(N2Cc3cc(Cl)ccc3OCC2=O)cc1. The molecular formula is C26H26ClN5O4. The number of amides is 3. The fourth-order valence-electron chi connectivity index (χ4n) is 3.98. The zero-order valence-corrected chi connectivity index (χ0v) is 20.5. The van der Waals surface area contributed by atoms with Gasteiger partial charge >= 0.3 is 0 Å². The Balaban J connectivity index is 1.51. The van der Waals surface area contributed by atoms with Gasteiger partial charge in [0, 0.05) is 28.5 Å². The number of anilines is 1. The molecule has 0 spiro atoms. The number of aliphatic imine (C=N–C) groups is 1. The van der Waals surface area contributed by atoms with E-state index in [9.17, 15) is 14.4 Å². The van der Waals surface area contributed by atoms with Crippen LogP contribution in [0, 0.1) is 0 Å². The van der Waals surface area contributed by atoms with Gasteiger partial charge in [-0.2, -0.15) is 0 Å². The highest BCUT2D eigenvalue weighted by Gasteiger charge is 2.24. The van der Waals surface area contributed by atoms with E-state index in [2.05, 4.69) is 22.2 Å². The number of ether oxygens (including phenoxy) is 1. The summed E-state index contributed by atoms with van der Waals surface area (Å²) in [7, 11) is 0. The number of hydrogen-bond donors (Lipinski definition) is 3. The molecule has 1 fully saturated rings. The van der Waals surface area contributed by atoms with Gasteiger partial charge in [-0.3, -0.25) is 14.4 Å². The van der Waals surface area contributed by atoms with Crippen molar-refractivity contribution in [3.8, 4) is 5.75 Å². The van der Waals surface area contributed by atoms with Crippen molar-refractivity contribution in [2.24, 2.45) is 10.7 Å². The largest absolute Gasteiger partial charge is 0.483 e. The van der Waals surface area contributed by atoms with Crippen molar-refractivity contribution in [2.45, 2.75) is 25.9 Å². The molecule has 2 heterocycles. The lowest BCUT2D eigenvalue weighted by atomic mass is 10.1. The molecule has 10 heteroatoms. The van der Waals surface area contributed by atoms with Gasteiger partial charge < -0.3 is 26.0 Å². The topological polar surface area (TPSA) is 126 Å². The van der Waals surface area contributed by atoms with E-state index in [1.165, 1.54) is 6.08 Å². The van der Waals surface area contributed by atoms with Gasteiger partial charge in [0.15, 0.2) is 6.61 Å². The maximum atomic E-state index is 12.7. The monoisotopic (exact) mass is 507 g/mol. The third kappa shape index (κ3) is 5.75. The summed E-state index contributed by atoms with van der Waals surface area (Å²) in [5, 5.41) is 6.37. The molecule has 1 atom stereocenters. The molecule has 0 aromatic heterocycles. The molecule has 1 saturated heterocycles. The Kier molecular flexibility index (Phi) is 7.40. The molecule has 186 valence electrons. The summed E-state index contributed by atoms with van der Waals surface area (Å²) in [4.78, 5) is 42.4. The van der Waals surface area contributed by atoms with Crippen molar-refractivity contribution in [3.05, 3.63) is 77.0 Å². The average molecular weight is 508 g/mol. The van der Waals surface area contributed by atoms with Gasteiger partial charge in [-0.1, -0.05) is 30.3 Å². The second-order valence-corrected chi connectivity index (χ2v) is 8.92. The second-order valence-electron chi connectivity index (χ2n) is 8.48. The first-order chi connectivity index (χ1) is 17.2. The number of primary amides is 1. The van der Waals surface area contributed by atoms with Crippen LogP contribution in [-0.4, -0.2) is 42.6 Å². The molecule has 0 saturated carbocycles. The number of nitrogens with zero attached hydrogens (tertiary/aromatic N) is 2. The number of carbonyl (C=O) groups is 3. The van der Waals surface area contributed by atoms with E-state index in [1.807, 2.05) is 0 Å². The molecule has 0 aliphatic carbocycles. The van der Waals surface area contributed by atoms with Crippen LogP contribution in [-0.2, 0) is 20.9 Å². The van der Waals surface area contributed by atoms with Gasteiger partial charge in [0.05, 0.1) is 12.2 Å². The number of halogens is 1. The van der Waals surface area contributed by atoms with E-state index in [0.717, 1.165) is 5.56 Å². The molecule has 2 aromatic carbocycles.